The van der Waals surface area contributed by atoms with Crippen LogP contribution in [-0.4, -0.2) is 12.5 Å². The summed E-state index contributed by atoms with van der Waals surface area (Å²) in [5.41, 5.74) is 0.556. The standard InChI is InChI=1S/C16H19NOS/c1-16(2,13-7-4-3-5-8-13)15(18)17-11-10-14-9-6-12-19-14/h3-9,12H,10-11H2,1-2H3,(H,17,18). The van der Waals surface area contributed by atoms with Crippen molar-refractivity contribution >= 4 is 17.2 Å². The lowest BCUT2D eigenvalue weighted by Crippen LogP contribution is -2.40. The molecular formula is C16H19NOS. The van der Waals surface area contributed by atoms with E-state index in [9.17, 15) is 4.79 Å². The molecule has 0 saturated carbocycles. The van der Waals surface area contributed by atoms with Crippen molar-refractivity contribution < 1.29 is 4.79 Å². The number of nitrogens with one attached hydrogen (secondary N) is 1. The highest BCUT2D eigenvalue weighted by molar-refractivity contribution is 7.09. The smallest absolute Gasteiger partial charge is 0.230 e. The lowest BCUT2D eigenvalue weighted by Gasteiger charge is -2.24. The summed E-state index contributed by atoms with van der Waals surface area (Å²) in [4.78, 5) is 13.6. The van der Waals surface area contributed by atoms with Gasteiger partial charge in [-0.2, -0.15) is 0 Å². The molecule has 2 aromatic rings. The molecule has 1 aromatic carbocycles. The van der Waals surface area contributed by atoms with Crippen LogP contribution in [0.5, 0.6) is 0 Å². The number of carbonyl (C=O) groups is 1. The molecule has 2 rings (SSSR count). The molecule has 1 amide bonds. The molecule has 0 aliphatic carbocycles. The van der Waals surface area contributed by atoms with Crippen molar-refractivity contribution in [2.24, 2.45) is 0 Å². The summed E-state index contributed by atoms with van der Waals surface area (Å²) >= 11 is 1.73. The molecule has 0 aliphatic rings. The first kappa shape index (κ1) is 13.8. The van der Waals surface area contributed by atoms with Crippen LogP contribution in [0.25, 0.3) is 0 Å². The maximum atomic E-state index is 12.3. The monoisotopic (exact) mass is 273 g/mol. The molecule has 0 saturated heterocycles. The summed E-state index contributed by atoms with van der Waals surface area (Å²) in [5, 5.41) is 5.09. The number of thiophene rings is 1. The van der Waals surface area contributed by atoms with Crippen LogP contribution in [0.3, 0.4) is 0 Å². The second-order valence-electron chi connectivity index (χ2n) is 5.08. The van der Waals surface area contributed by atoms with E-state index < -0.39 is 5.41 Å². The number of hydrogen-bond acceptors (Lipinski definition) is 2. The number of amides is 1. The Labute approximate surface area is 118 Å². The van der Waals surface area contributed by atoms with Crippen LogP contribution in [0.2, 0.25) is 0 Å². The van der Waals surface area contributed by atoms with Crippen LogP contribution >= 0.6 is 11.3 Å². The van der Waals surface area contributed by atoms with E-state index in [4.69, 9.17) is 0 Å². The molecule has 19 heavy (non-hydrogen) atoms. The van der Waals surface area contributed by atoms with Gasteiger partial charge in [0, 0.05) is 11.4 Å². The number of carbonyl (C=O) groups excluding carboxylic acids is 1. The van der Waals surface area contributed by atoms with Gasteiger partial charge in [0.2, 0.25) is 5.91 Å². The van der Waals surface area contributed by atoms with Crippen molar-refractivity contribution in [3.05, 3.63) is 58.3 Å². The zero-order valence-corrected chi connectivity index (χ0v) is 12.2. The van der Waals surface area contributed by atoms with Gasteiger partial charge in [-0.25, -0.2) is 0 Å². The average molecular weight is 273 g/mol. The highest BCUT2D eigenvalue weighted by atomic mass is 32.1. The van der Waals surface area contributed by atoms with Crippen molar-refractivity contribution in [2.75, 3.05) is 6.54 Å². The molecule has 1 aromatic heterocycles. The van der Waals surface area contributed by atoms with Crippen LogP contribution < -0.4 is 5.32 Å². The SMILES string of the molecule is CC(C)(C(=O)NCCc1cccs1)c1ccccc1. The first-order valence-corrected chi connectivity index (χ1v) is 7.35. The first-order valence-electron chi connectivity index (χ1n) is 6.47. The Morgan fingerprint density at radius 3 is 2.53 bits per heavy atom. The van der Waals surface area contributed by atoms with Crippen LogP contribution in [0.15, 0.2) is 47.8 Å². The Bertz CT molecular complexity index is 517. The summed E-state index contributed by atoms with van der Waals surface area (Å²) in [5.74, 6) is 0.0789. The summed E-state index contributed by atoms with van der Waals surface area (Å²) in [7, 11) is 0. The molecule has 3 heteroatoms. The van der Waals surface area contributed by atoms with Gasteiger partial charge in [0.25, 0.3) is 0 Å². The fourth-order valence-electron chi connectivity index (χ4n) is 1.96. The van der Waals surface area contributed by atoms with E-state index in [1.807, 2.05) is 50.2 Å². The summed E-state index contributed by atoms with van der Waals surface area (Å²) in [6.45, 7) is 4.61. The van der Waals surface area contributed by atoms with E-state index in [2.05, 4.69) is 16.8 Å². The minimum atomic E-state index is -0.489. The molecule has 1 heterocycles. The molecule has 0 aliphatic heterocycles. The van der Waals surface area contributed by atoms with Gasteiger partial charge >= 0.3 is 0 Å². The van der Waals surface area contributed by atoms with Gasteiger partial charge in [-0.15, -0.1) is 11.3 Å². The zero-order valence-electron chi connectivity index (χ0n) is 11.3. The van der Waals surface area contributed by atoms with Crippen molar-refractivity contribution in [1.29, 1.82) is 0 Å². The van der Waals surface area contributed by atoms with Crippen molar-refractivity contribution in [3.8, 4) is 0 Å². The molecule has 0 unspecified atom stereocenters. The Kier molecular flexibility index (Phi) is 4.38. The van der Waals surface area contributed by atoms with Crippen LogP contribution in [0.4, 0.5) is 0 Å². The Balaban J connectivity index is 1.92. The van der Waals surface area contributed by atoms with Gasteiger partial charge in [0.15, 0.2) is 0 Å². The lowest BCUT2D eigenvalue weighted by molar-refractivity contribution is -0.125. The van der Waals surface area contributed by atoms with Crippen LogP contribution in [-0.2, 0) is 16.6 Å². The van der Waals surface area contributed by atoms with Gasteiger partial charge in [0.1, 0.15) is 0 Å². The molecule has 100 valence electrons. The first-order chi connectivity index (χ1) is 9.10. The fraction of sp³-hybridized carbons (Fsp3) is 0.312. The van der Waals surface area contributed by atoms with E-state index in [0.29, 0.717) is 6.54 Å². The van der Waals surface area contributed by atoms with E-state index in [1.54, 1.807) is 11.3 Å². The molecule has 0 bridgehead atoms. The molecule has 2 nitrogen and oxygen atoms in total. The van der Waals surface area contributed by atoms with Gasteiger partial charge in [-0.3, -0.25) is 4.79 Å². The van der Waals surface area contributed by atoms with Gasteiger partial charge in [-0.05, 0) is 37.3 Å². The maximum absolute atomic E-state index is 12.3. The van der Waals surface area contributed by atoms with Crippen LogP contribution in [0, 0.1) is 0 Å². The largest absolute Gasteiger partial charge is 0.355 e. The normalized spacial score (nSPS) is 11.3. The summed E-state index contributed by atoms with van der Waals surface area (Å²) < 4.78 is 0. The third-order valence-electron chi connectivity index (χ3n) is 3.30. The highest BCUT2D eigenvalue weighted by Crippen LogP contribution is 2.22. The molecule has 0 fully saturated rings. The second kappa shape index (κ2) is 6.02. The lowest BCUT2D eigenvalue weighted by atomic mass is 9.84. The minimum absolute atomic E-state index is 0.0789. The Morgan fingerprint density at radius 1 is 1.16 bits per heavy atom. The molecular weight excluding hydrogens is 254 g/mol. The predicted molar refractivity (Wildman–Crippen MR) is 80.5 cm³/mol. The van der Waals surface area contributed by atoms with Gasteiger partial charge in [0.05, 0.1) is 5.41 Å². The number of rotatable bonds is 5. The third-order valence-corrected chi connectivity index (χ3v) is 4.24. The topological polar surface area (TPSA) is 29.1 Å². The van der Waals surface area contributed by atoms with Crippen LogP contribution in [0.1, 0.15) is 24.3 Å². The van der Waals surface area contributed by atoms with Gasteiger partial charge < -0.3 is 5.32 Å². The molecule has 0 atom stereocenters. The van der Waals surface area contributed by atoms with E-state index in [1.165, 1.54) is 4.88 Å². The average Bonchev–Trinajstić information content (AvgIpc) is 2.93. The predicted octanol–water partition coefficient (Wildman–Crippen LogP) is 3.38. The fourth-order valence-corrected chi connectivity index (χ4v) is 2.67. The van der Waals surface area contributed by atoms with Gasteiger partial charge in [-0.1, -0.05) is 36.4 Å². The quantitative estimate of drug-likeness (QED) is 0.889. The molecule has 0 radical (unpaired) electrons. The summed E-state index contributed by atoms with van der Waals surface area (Å²) in [6.07, 6.45) is 0.897. The highest BCUT2D eigenvalue weighted by Gasteiger charge is 2.28. The van der Waals surface area contributed by atoms with Crippen molar-refractivity contribution in [2.45, 2.75) is 25.7 Å². The van der Waals surface area contributed by atoms with Crippen molar-refractivity contribution in [1.82, 2.24) is 5.32 Å². The van der Waals surface area contributed by atoms with E-state index in [0.717, 1.165) is 12.0 Å². The van der Waals surface area contributed by atoms with E-state index >= 15 is 0 Å². The number of hydrogen-bond donors (Lipinski definition) is 1. The molecule has 0 spiro atoms. The molecule has 1 N–H and O–H groups in total. The third kappa shape index (κ3) is 3.44. The van der Waals surface area contributed by atoms with Crippen molar-refractivity contribution in [3.63, 3.8) is 0 Å². The summed E-state index contributed by atoms with van der Waals surface area (Å²) in [6, 6.07) is 14.0. The minimum Gasteiger partial charge on any atom is -0.355 e. The Hall–Kier alpha value is -1.61. The second-order valence-corrected chi connectivity index (χ2v) is 6.11. The van der Waals surface area contributed by atoms with E-state index in [-0.39, 0.29) is 5.91 Å². The number of benzene rings is 1. The maximum Gasteiger partial charge on any atom is 0.230 e. The Morgan fingerprint density at radius 2 is 1.89 bits per heavy atom. The zero-order chi connectivity index (χ0) is 13.7.